The van der Waals surface area contributed by atoms with Gasteiger partial charge in [0.1, 0.15) is 11.6 Å². The molecular weight excluding hydrogens is 204 g/mol. The van der Waals surface area contributed by atoms with Crippen LogP contribution < -0.4 is 5.73 Å². The molecule has 0 bridgehead atoms. The Kier molecular flexibility index (Phi) is 2.52. The van der Waals surface area contributed by atoms with Crippen LogP contribution in [0.2, 0.25) is 0 Å². The number of phenols is 1. The highest BCUT2D eigenvalue weighted by atomic mass is 16.3. The molecule has 0 saturated heterocycles. The highest BCUT2D eigenvalue weighted by Gasteiger charge is 2.12. The number of nitrogen functional groups attached to an aromatic ring is 1. The lowest BCUT2D eigenvalue weighted by atomic mass is 10.1. The fourth-order valence-corrected chi connectivity index (χ4v) is 1.39. The van der Waals surface area contributed by atoms with Gasteiger partial charge >= 0.3 is 0 Å². The number of nitrogens with two attached hydrogens (primary N) is 1. The Labute approximate surface area is 93.3 Å². The maximum atomic E-state index is 9.69. The molecule has 5 heteroatoms. The Hall–Kier alpha value is -2.04. The minimum atomic E-state index is 0.128. The first-order valence-corrected chi connectivity index (χ1v) is 5.09. The van der Waals surface area contributed by atoms with E-state index in [1.54, 1.807) is 12.1 Å². The number of rotatable bonds is 2. The number of benzene rings is 1. The fourth-order valence-electron chi connectivity index (χ4n) is 1.39. The molecule has 2 aromatic rings. The van der Waals surface area contributed by atoms with Crippen LogP contribution in [0.25, 0.3) is 11.4 Å². The first-order valence-electron chi connectivity index (χ1n) is 5.09. The highest BCUT2D eigenvalue weighted by molar-refractivity contribution is 5.68. The maximum Gasteiger partial charge on any atom is 0.184 e. The van der Waals surface area contributed by atoms with Crippen molar-refractivity contribution >= 4 is 5.69 Å². The molecule has 0 atom stereocenters. The molecule has 0 amide bonds. The number of anilines is 1. The van der Waals surface area contributed by atoms with Gasteiger partial charge in [-0.05, 0) is 18.2 Å². The van der Waals surface area contributed by atoms with Crippen LogP contribution in [-0.4, -0.2) is 20.3 Å². The van der Waals surface area contributed by atoms with E-state index in [0.29, 0.717) is 17.1 Å². The lowest BCUT2D eigenvalue weighted by molar-refractivity contribution is 0.477. The molecule has 0 aliphatic carbocycles. The molecular formula is C11H14N4O. The van der Waals surface area contributed by atoms with E-state index in [0.717, 1.165) is 5.82 Å². The van der Waals surface area contributed by atoms with E-state index >= 15 is 0 Å². The van der Waals surface area contributed by atoms with E-state index in [4.69, 9.17) is 5.73 Å². The van der Waals surface area contributed by atoms with Crippen molar-refractivity contribution in [3.63, 3.8) is 0 Å². The van der Waals surface area contributed by atoms with Gasteiger partial charge < -0.3 is 10.8 Å². The van der Waals surface area contributed by atoms with Crippen molar-refractivity contribution < 1.29 is 5.11 Å². The molecule has 84 valence electrons. The second kappa shape index (κ2) is 3.84. The van der Waals surface area contributed by atoms with Crippen molar-refractivity contribution in [2.75, 3.05) is 5.73 Å². The summed E-state index contributed by atoms with van der Waals surface area (Å²) in [6.07, 6.45) is 0. The van der Waals surface area contributed by atoms with Crippen LogP contribution in [0.4, 0.5) is 5.69 Å². The quantitative estimate of drug-likeness (QED) is 0.530. The van der Waals surface area contributed by atoms with Gasteiger partial charge in [-0.15, -0.1) is 0 Å². The minimum absolute atomic E-state index is 0.128. The SMILES string of the molecule is CC(C)c1nc(-c2cc(N)ccc2O)n[nH]1. The van der Waals surface area contributed by atoms with E-state index in [2.05, 4.69) is 15.2 Å². The predicted octanol–water partition coefficient (Wildman–Crippen LogP) is 1.88. The first kappa shape index (κ1) is 10.5. The van der Waals surface area contributed by atoms with Crippen molar-refractivity contribution in [3.05, 3.63) is 24.0 Å². The number of hydrogen-bond donors (Lipinski definition) is 3. The van der Waals surface area contributed by atoms with Crippen LogP contribution in [-0.2, 0) is 0 Å². The molecule has 0 saturated carbocycles. The van der Waals surface area contributed by atoms with Crippen molar-refractivity contribution in [1.29, 1.82) is 0 Å². The van der Waals surface area contributed by atoms with Crippen molar-refractivity contribution in [1.82, 2.24) is 15.2 Å². The first-order chi connectivity index (χ1) is 7.58. The minimum Gasteiger partial charge on any atom is -0.507 e. The number of nitrogens with one attached hydrogen (secondary N) is 1. The third-order valence-electron chi connectivity index (χ3n) is 2.31. The molecule has 0 spiro atoms. The summed E-state index contributed by atoms with van der Waals surface area (Å²) >= 11 is 0. The standard InChI is InChI=1S/C11H14N4O/c1-6(2)10-13-11(15-14-10)8-5-7(12)3-4-9(8)16/h3-6,16H,12H2,1-2H3,(H,13,14,15). The van der Waals surface area contributed by atoms with Crippen LogP contribution >= 0.6 is 0 Å². The van der Waals surface area contributed by atoms with Gasteiger partial charge in [0.15, 0.2) is 5.82 Å². The zero-order valence-corrected chi connectivity index (χ0v) is 9.23. The maximum absolute atomic E-state index is 9.69. The molecule has 5 nitrogen and oxygen atoms in total. The topological polar surface area (TPSA) is 87.8 Å². The summed E-state index contributed by atoms with van der Waals surface area (Å²) in [4.78, 5) is 4.30. The number of H-pyrrole nitrogens is 1. The molecule has 0 aliphatic rings. The molecule has 1 heterocycles. The third kappa shape index (κ3) is 1.84. The van der Waals surface area contributed by atoms with Crippen molar-refractivity contribution in [2.45, 2.75) is 19.8 Å². The van der Waals surface area contributed by atoms with Gasteiger partial charge in [-0.25, -0.2) is 4.98 Å². The van der Waals surface area contributed by atoms with E-state index in [1.807, 2.05) is 13.8 Å². The molecule has 4 N–H and O–H groups in total. The molecule has 0 fully saturated rings. The zero-order valence-electron chi connectivity index (χ0n) is 9.23. The normalized spacial score (nSPS) is 10.9. The van der Waals surface area contributed by atoms with Gasteiger partial charge in [0.2, 0.25) is 0 Å². The Bertz CT molecular complexity index is 504. The monoisotopic (exact) mass is 218 g/mol. The molecule has 1 aromatic carbocycles. The third-order valence-corrected chi connectivity index (χ3v) is 2.31. The van der Waals surface area contributed by atoms with Crippen LogP contribution in [0.5, 0.6) is 5.75 Å². The van der Waals surface area contributed by atoms with Gasteiger partial charge in [0, 0.05) is 11.6 Å². The molecule has 0 radical (unpaired) electrons. The molecule has 0 aliphatic heterocycles. The number of aromatic hydroxyl groups is 1. The molecule has 1 aromatic heterocycles. The average molecular weight is 218 g/mol. The Morgan fingerprint density at radius 2 is 2.12 bits per heavy atom. The summed E-state index contributed by atoms with van der Waals surface area (Å²) in [5, 5.41) is 16.6. The van der Waals surface area contributed by atoms with Crippen LogP contribution in [0, 0.1) is 0 Å². The van der Waals surface area contributed by atoms with Gasteiger partial charge in [-0.2, -0.15) is 5.10 Å². The smallest absolute Gasteiger partial charge is 0.184 e. The summed E-state index contributed by atoms with van der Waals surface area (Å²) in [5.74, 6) is 1.65. The summed E-state index contributed by atoms with van der Waals surface area (Å²) in [6, 6.07) is 4.83. The van der Waals surface area contributed by atoms with Gasteiger partial charge in [0.05, 0.1) is 5.56 Å². The van der Waals surface area contributed by atoms with Crippen molar-refractivity contribution in [3.8, 4) is 17.1 Å². The zero-order chi connectivity index (χ0) is 11.7. The fraction of sp³-hybridized carbons (Fsp3) is 0.273. The van der Waals surface area contributed by atoms with E-state index in [1.165, 1.54) is 6.07 Å². The van der Waals surface area contributed by atoms with Gasteiger partial charge in [-0.1, -0.05) is 13.8 Å². The number of nitrogens with zero attached hydrogens (tertiary/aromatic N) is 2. The summed E-state index contributed by atoms with van der Waals surface area (Å²) in [7, 11) is 0. The summed E-state index contributed by atoms with van der Waals surface area (Å²) in [5.41, 5.74) is 6.77. The van der Waals surface area contributed by atoms with E-state index in [-0.39, 0.29) is 11.7 Å². The van der Waals surface area contributed by atoms with Crippen molar-refractivity contribution in [2.24, 2.45) is 0 Å². The Morgan fingerprint density at radius 1 is 1.38 bits per heavy atom. The van der Waals surface area contributed by atoms with E-state index in [9.17, 15) is 5.11 Å². The Balaban J connectivity index is 2.46. The van der Waals surface area contributed by atoms with Crippen LogP contribution in [0.1, 0.15) is 25.6 Å². The van der Waals surface area contributed by atoms with Crippen LogP contribution in [0.15, 0.2) is 18.2 Å². The lowest BCUT2D eigenvalue weighted by Gasteiger charge is -2.01. The van der Waals surface area contributed by atoms with Gasteiger partial charge in [-0.3, -0.25) is 5.10 Å². The average Bonchev–Trinajstić information content (AvgIpc) is 2.70. The summed E-state index contributed by atoms with van der Waals surface area (Å²) < 4.78 is 0. The Morgan fingerprint density at radius 3 is 2.75 bits per heavy atom. The second-order valence-corrected chi connectivity index (χ2v) is 3.98. The van der Waals surface area contributed by atoms with Gasteiger partial charge in [0.25, 0.3) is 0 Å². The van der Waals surface area contributed by atoms with E-state index < -0.39 is 0 Å². The number of aromatic amines is 1. The molecule has 2 rings (SSSR count). The number of phenolic OH excluding ortho intramolecular Hbond substituents is 1. The van der Waals surface area contributed by atoms with Crippen LogP contribution in [0.3, 0.4) is 0 Å². The largest absolute Gasteiger partial charge is 0.507 e. The predicted molar refractivity (Wildman–Crippen MR) is 62.0 cm³/mol. The highest BCUT2D eigenvalue weighted by Crippen LogP contribution is 2.28. The number of hydrogen-bond acceptors (Lipinski definition) is 4. The lowest BCUT2D eigenvalue weighted by Crippen LogP contribution is -1.90. The second-order valence-electron chi connectivity index (χ2n) is 3.98. The molecule has 16 heavy (non-hydrogen) atoms. The summed E-state index contributed by atoms with van der Waals surface area (Å²) in [6.45, 7) is 4.03. The molecule has 0 unspecified atom stereocenters. The number of aromatic nitrogens is 3.